The average Bonchev–Trinajstić information content (AvgIpc) is 3.01. The number of nitrogens with zero attached hydrogens (tertiary/aromatic N) is 2. The number of amides is 2. The largest absolute Gasteiger partial charge is 0.573 e. The number of hydrogen-bond donors (Lipinski definition) is 0. The van der Waals surface area contributed by atoms with Gasteiger partial charge in [0, 0.05) is 37.3 Å². The van der Waals surface area contributed by atoms with Crippen LogP contribution in [-0.4, -0.2) is 47.6 Å². The molecule has 1 saturated heterocycles. The molecule has 2 amide bonds. The Morgan fingerprint density at radius 2 is 1.60 bits per heavy atom. The second-order valence-corrected chi connectivity index (χ2v) is 11.1. The second kappa shape index (κ2) is 8.88. The number of alkyl halides is 3. The van der Waals surface area contributed by atoms with Gasteiger partial charge in [0.1, 0.15) is 5.75 Å². The molecule has 1 aliphatic heterocycles. The van der Waals surface area contributed by atoms with Crippen LogP contribution in [0.25, 0.3) is 0 Å². The molecule has 0 radical (unpaired) electrons. The maximum atomic E-state index is 13.3. The molecule has 2 aromatic rings. The number of carbonyl (C=O) groups is 2. The topological polar surface area (TPSA) is 49.9 Å². The van der Waals surface area contributed by atoms with Crippen molar-refractivity contribution in [1.82, 2.24) is 9.80 Å². The van der Waals surface area contributed by atoms with Gasteiger partial charge in [-0.05, 0) is 72.1 Å². The SMILES string of the molecule is CN(Cc1ccc(C(=O)N2CC3(C)CC2CC(C)(C)C3)cc1)C(=O)c1ccc(OC(F)(F)F)cc1. The van der Waals surface area contributed by atoms with E-state index in [0.717, 1.165) is 43.5 Å². The lowest BCUT2D eigenvalue weighted by atomic mass is 9.65. The van der Waals surface area contributed by atoms with E-state index >= 15 is 0 Å². The number of halogens is 3. The van der Waals surface area contributed by atoms with E-state index < -0.39 is 6.36 Å². The Hall–Kier alpha value is -3.03. The predicted molar refractivity (Wildman–Crippen MR) is 126 cm³/mol. The summed E-state index contributed by atoms with van der Waals surface area (Å²) in [5, 5.41) is 0. The normalized spacial score (nSPS) is 23.2. The molecular weight excluding hydrogens is 457 g/mol. The van der Waals surface area contributed by atoms with E-state index in [-0.39, 0.29) is 40.0 Å². The van der Waals surface area contributed by atoms with Crippen LogP contribution in [0.1, 0.15) is 66.3 Å². The number of hydrogen-bond acceptors (Lipinski definition) is 3. The molecule has 188 valence electrons. The van der Waals surface area contributed by atoms with Crippen molar-refractivity contribution >= 4 is 11.8 Å². The van der Waals surface area contributed by atoms with Crippen molar-refractivity contribution in [2.45, 2.75) is 59.0 Å². The minimum absolute atomic E-state index is 0.0496. The first kappa shape index (κ1) is 25.1. The highest BCUT2D eigenvalue weighted by atomic mass is 19.4. The van der Waals surface area contributed by atoms with Gasteiger partial charge in [0.05, 0.1) is 0 Å². The minimum Gasteiger partial charge on any atom is -0.406 e. The van der Waals surface area contributed by atoms with Gasteiger partial charge in [-0.3, -0.25) is 9.59 Å². The predicted octanol–water partition coefficient (Wildman–Crippen LogP) is 5.90. The molecule has 2 aromatic carbocycles. The van der Waals surface area contributed by atoms with E-state index in [2.05, 4.69) is 25.5 Å². The second-order valence-electron chi connectivity index (χ2n) is 11.1. The monoisotopic (exact) mass is 488 g/mol. The Bertz CT molecular complexity index is 1100. The molecule has 2 bridgehead atoms. The zero-order chi connectivity index (χ0) is 25.6. The van der Waals surface area contributed by atoms with Crippen LogP contribution in [0.3, 0.4) is 0 Å². The lowest BCUT2D eigenvalue weighted by molar-refractivity contribution is -0.274. The van der Waals surface area contributed by atoms with Crippen LogP contribution in [0.2, 0.25) is 0 Å². The maximum Gasteiger partial charge on any atom is 0.573 e. The summed E-state index contributed by atoms with van der Waals surface area (Å²) >= 11 is 0. The highest BCUT2D eigenvalue weighted by Gasteiger charge is 2.51. The van der Waals surface area contributed by atoms with Crippen LogP contribution in [0.15, 0.2) is 48.5 Å². The molecule has 2 atom stereocenters. The van der Waals surface area contributed by atoms with Crippen LogP contribution >= 0.6 is 0 Å². The van der Waals surface area contributed by atoms with Crippen molar-refractivity contribution in [3.63, 3.8) is 0 Å². The molecule has 0 N–H and O–H groups in total. The van der Waals surface area contributed by atoms with Crippen LogP contribution in [0.5, 0.6) is 5.75 Å². The molecular formula is C27H31F3N2O3. The molecule has 2 aliphatic rings. The molecule has 2 unspecified atom stereocenters. The van der Waals surface area contributed by atoms with Crippen molar-refractivity contribution in [2.75, 3.05) is 13.6 Å². The first-order chi connectivity index (χ1) is 16.2. The van der Waals surface area contributed by atoms with Crippen molar-refractivity contribution in [3.05, 3.63) is 65.2 Å². The first-order valence-corrected chi connectivity index (χ1v) is 11.7. The van der Waals surface area contributed by atoms with Crippen molar-refractivity contribution in [2.24, 2.45) is 10.8 Å². The Morgan fingerprint density at radius 3 is 2.20 bits per heavy atom. The van der Waals surface area contributed by atoms with Gasteiger partial charge in [-0.1, -0.05) is 32.9 Å². The van der Waals surface area contributed by atoms with Crippen LogP contribution in [-0.2, 0) is 6.54 Å². The zero-order valence-electron chi connectivity index (χ0n) is 20.5. The van der Waals surface area contributed by atoms with Gasteiger partial charge >= 0.3 is 6.36 Å². The lowest BCUT2D eigenvalue weighted by Crippen LogP contribution is -2.37. The summed E-state index contributed by atoms with van der Waals surface area (Å²) in [6.07, 6.45) is -1.59. The molecule has 1 aliphatic carbocycles. The fraction of sp³-hybridized carbons (Fsp3) is 0.481. The van der Waals surface area contributed by atoms with Gasteiger partial charge in [-0.15, -0.1) is 13.2 Å². The number of carbonyl (C=O) groups excluding carboxylic acids is 2. The number of fused-ring (bicyclic) bond motifs is 2. The van der Waals surface area contributed by atoms with Gasteiger partial charge in [0.15, 0.2) is 0 Å². The summed E-state index contributed by atoms with van der Waals surface area (Å²) in [6, 6.07) is 12.4. The summed E-state index contributed by atoms with van der Waals surface area (Å²) in [5.41, 5.74) is 2.15. The van der Waals surface area contributed by atoms with Crippen molar-refractivity contribution < 1.29 is 27.5 Å². The van der Waals surface area contributed by atoms with E-state index in [4.69, 9.17) is 0 Å². The smallest absolute Gasteiger partial charge is 0.406 e. The Balaban J connectivity index is 1.38. The third-order valence-corrected chi connectivity index (χ3v) is 6.98. The third-order valence-electron chi connectivity index (χ3n) is 6.98. The van der Waals surface area contributed by atoms with Gasteiger partial charge < -0.3 is 14.5 Å². The number of ether oxygens (including phenoxy) is 1. The Kier molecular flexibility index (Phi) is 6.36. The van der Waals surface area contributed by atoms with Gasteiger partial charge in [-0.25, -0.2) is 0 Å². The third kappa shape index (κ3) is 5.80. The molecule has 0 spiro atoms. The summed E-state index contributed by atoms with van der Waals surface area (Å²) in [6.45, 7) is 7.92. The highest BCUT2D eigenvalue weighted by Crippen LogP contribution is 2.52. The van der Waals surface area contributed by atoms with Gasteiger partial charge in [0.25, 0.3) is 11.8 Å². The van der Waals surface area contributed by atoms with Crippen molar-refractivity contribution in [1.29, 1.82) is 0 Å². The van der Waals surface area contributed by atoms with Gasteiger partial charge in [0.2, 0.25) is 0 Å². The summed E-state index contributed by atoms with van der Waals surface area (Å²) < 4.78 is 40.8. The fourth-order valence-electron chi connectivity index (χ4n) is 5.98. The van der Waals surface area contributed by atoms with Crippen LogP contribution in [0.4, 0.5) is 13.2 Å². The fourth-order valence-corrected chi connectivity index (χ4v) is 5.98. The van der Waals surface area contributed by atoms with E-state index in [1.54, 1.807) is 19.2 Å². The number of rotatable bonds is 5. The summed E-state index contributed by atoms with van der Waals surface area (Å²) in [7, 11) is 1.62. The zero-order valence-corrected chi connectivity index (χ0v) is 20.5. The van der Waals surface area contributed by atoms with E-state index in [1.165, 1.54) is 17.0 Å². The lowest BCUT2D eigenvalue weighted by Gasteiger charge is -2.39. The highest BCUT2D eigenvalue weighted by molar-refractivity contribution is 5.95. The molecule has 4 rings (SSSR count). The average molecular weight is 489 g/mol. The number of benzene rings is 2. The Labute approximate surface area is 203 Å². The Morgan fingerprint density at radius 1 is 1.00 bits per heavy atom. The molecule has 8 heteroatoms. The molecule has 2 fully saturated rings. The van der Waals surface area contributed by atoms with Crippen LogP contribution < -0.4 is 4.74 Å². The van der Waals surface area contributed by atoms with E-state index in [9.17, 15) is 22.8 Å². The molecule has 1 heterocycles. The summed E-state index contributed by atoms with van der Waals surface area (Å²) in [5.74, 6) is -0.658. The quantitative estimate of drug-likeness (QED) is 0.527. The minimum atomic E-state index is -4.78. The van der Waals surface area contributed by atoms with E-state index in [1.807, 2.05) is 17.0 Å². The first-order valence-electron chi connectivity index (χ1n) is 11.7. The molecule has 0 aromatic heterocycles. The van der Waals surface area contributed by atoms with Gasteiger partial charge in [-0.2, -0.15) is 0 Å². The van der Waals surface area contributed by atoms with Crippen molar-refractivity contribution in [3.8, 4) is 5.75 Å². The standard InChI is InChI=1S/C27H31F3N2O3/c1-25(2)13-21-14-26(3,16-25)17-32(21)24(34)20-7-5-18(6-8-20)15-31(4)23(33)19-9-11-22(12-10-19)35-27(28,29)30/h5-12,21H,13-17H2,1-4H3. The van der Waals surface area contributed by atoms with Crippen LogP contribution in [0, 0.1) is 10.8 Å². The summed E-state index contributed by atoms with van der Waals surface area (Å²) in [4.78, 5) is 29.5. The van der Waals surface area contributed by atoms with E-state index in [0.29, 0.717) is 12.1 Å². The number of likely N-dealkylation sites (tertiary alicyclic amines) is 1. The maximum absolute atomic E-state index is 13.3. The molecule has 5 nitrogen and oxygen atoms in total. The molecule has 1 saturated carbocycles. The molecule has 35 heavy (non-hydrogen) atoms.